The molecule has 0 saturated heterocycles. The summed E-state index contributed by atoms with van der Waals surface area (Å²) in [6, 6.07) is 9.61. The molecule has 0 aliphatic carbocycles. The van der Waals surface area contributed by atoms with Crippen molar-refractivity contribution in [2.24, 2.45) is 5.73 Å². The van der Waals surface area contributed by atoms with E-state index in [0.29, 0.717) is 179 Å². The number of benzene rings is 1. The molecule has 0 aliphatic rings. The van der Waals surface area contributed by atoms with Gasteiger partial charge >= 0.3 is 0 Å². The smallest absolute Gasteiger partial charge is 0.233 e. The second-order valence-corrected chi connectivity index (χ2v) is 17.2. The van der Waals surface area contributed by atoms with Crippen LogP contribution in [0.25, 0.3) is 0 Å². The molecule has 1 aromatic carbocycles. The first-order valence-corrected chi connectivity index (χ1v) is 25.9. The summed E-state index contributed by atoms with van der Waals surface area (Å²) in [7, 11) is 0. The molecule has 19 N–H and O–H groups in total. The summed E-state index contributed by atoms with van der Waals surface area (Å²) in [6.07, 6.45) is 1.41. The van der Waals surface area contributed by atoms with Crippen LogP contribution in [0.2, 0.25) is 0 Å². The van der Waals surface area contributed by atoms with Crippen molar-refractivity contribution < 1.29 is 0 Å². The van der Waals surface area contributed by atoms with E-state index in [9.17, 15) is 0 Å². The van der Waals surface area contributed by atoms with Crippen molar-refractivity contribution in [3.8, 4) is 0 Å². The summed E-state index contributed by atoms with van der Waals surface area (Å²) >= 11 is 5.84. The lowest BCUT2D eigenvalue weighted by atomic mass is 10.3. The molecular formula is C41H62N34S2. The molecule has 0 unspecified atom stereocenters. The van der Waals surface area contributed by atoms with Crippen LogP contribution < -0.4 is 86.3 Å². The van der Waals surface area contributed by atoms with Gasteiger partial charge in [0, 0.05) is 96.5 Å². The third kappa shape index (κ3) is 20.0. The van der Waals surface area contributed by atoms with Gasteiger partial charge in [0.05, 0.1) is 0 Å². The maximum Gasteiger partial charge on any atom is 0.233 e. The van der Waals surface area contributed by atoms with Gasteiger partial charge in [-0.3, -0.25) is 0 Å². The molecule has 7 rings (SSSR count). The second-order valence-electron chi connectivity index (χ2n) is 15.5. The first-order valence-electron chi connectivity index (χ1n) is 24.3. The molecule has 408 valence electrons. The molecular weight excluding hydrogens is 1030 g/mol. The van der Waals surface area contributed by atoms with Crippen molar-refractivity contribution in [1.82, 2.24) is 89.7 Å². The molecule has 6 heterocycles. The van der Waals surface area contributed by atoms with Crippen molar-refractivity contribution in [3.05, 3.63) is 42.5 Å². The van der Waals surface area contributed by atoms with Crippen LogP contribution in [-0.2, 0) is 0 Å². The van der Waals surface area contributed by atoms with E-state index < -0.39 is 0 Å². The molecule has 0 saturated carbocycles. The van der Waals surface area contributed by atoms with Crippen LogP contribution in [-0.4, -0.2) is 186 Å². The molecule has 36 heteroatoms. The number of aryl methyl sites for hydroxylation is 1. The average molecular weight is 1100 g/mol. The highest BCUT2D eigenvalue weighted by Gasteiger charge is 2.12. The number of nitrogens with two attached hydrogens (primary N) is 3. The lowest BCUT2D eigenvalue weighted by Crippen LogP contribution is -2.21. The zero-order valence-corrected chi connectivity index (χ0v) is 43.9. The number of anilines is 16. The predicted molar refractivity (Wildman–Crippen MR) is 303 cm³/mol. The zero-order chi connectivity index (χ0) is 53.9. The van der Waals surface area contributed by atoms with Gasteiger partial charge in [-0.2, -0.15) is 92.4 Å². The Kier molecular flexibility index (Phi) is 21.9. The normalized spacial score (nSPS) is 10.8. The largest absolute Gasteiger partial charge is 0.368 e. The van der Waals surface area contributed by atoms with E-state index in [2.05, 4.69) is 171 Å². The van der Waals surface area contributed by atoms with Crippen molar-refractivity contribution in [1.29, 1.82) is 0 Å². The molecule has 6 aromatic heterocycles. The van der Waals surface area contributed by atoms with E-state index >= 15 is 0 Å². The minimum absolute atomic E-state index is 0.0526. The summed E-state index contributed by atoms with van der Waals surface area (Å²) < 4.78 is 0. The molecule has 0 radical (unpaired) electrons. The fourth-order valence-electron chi connectivity index (χ4n) is 6.26. The average Bonchev–Trinajstić information content (AvgIpc) is 3.41. The molecule has 0 fully saturated rings. The van der Waals surface area contributed by atoms with Crippen LogP contribution >= 0.6 is 24.4 Å². The number of aromatic nitrogens is 18. The Morgan fingerprint density at radius 1 is 0.403 bits per heavy atom. The fourth-order valence-corrected chi connectivity index (χ4v) is 6.93. The minimum Gasteiger partial charge on any atom is -0.368 e. The Morgan fingerprint density at radius 2 is 0.740 bits per heavy atom. The number of para-hydroxylation sites is 1. The highest BCUT2D eigenvalue weighted by molar-refractivity contribution is 7.99. The van der Waals surface area contributed by atoms with Gasteiger partial charge in [0.2, 0.25) is 89.2 Å². The van der Waals surface area contributed by atoms with E-state index in [4.69, 9.17) is 17.2 Å². The maximum atomic E-state index is 5.93. The number of thioether (sulfide) groups is 1. The van der Waals surface area contributed by atoms with Crippen molar-refractivity contribution in [3.63, 3.8) is 0 Å². The van der Waals surface area contributed by atoms with Crippen LogP contribution in [0.4, 0.5) is 94.9 Å². The van der Waals surface area contributed by atoms with Crippen molar-refractivity contribution in [2.75, 3.05) is 177 Å². The Labute approximate surface area is 451 Å². The number of hydrogen-bond acceptors (Lipinski definition) is 36. The molecule has 0 bridgehead atoms. The summed E-state index contributed by atoms with van der Waals surface area (Å²) in [4.78, 5) is 78.7. The van der Waals surface area contributed by atoms with Gasteiger partial charge in [-0.05, 0) is 24.8 Å². The molecule has 0 spiro atoms. The number of nitrogen functional groups attached to an aromatic ring is 2. The molecule has 0 aliphatic heterocycles. The number of rotatable bonds is 35. The van der Waals surface area contributed by atoms with E-state index in [1.807, 2.05) is 37.3 Å². The van der Waals surface area contributed by atoms with Crippen molar-refractivity contribution in [2.45, 2.75) is 19.0 Å². The van der Waals surface area contributed by atoms with Crippen LogP contribution in [0.1, 0.15) is 12.7 Å². The van der Waals surface area contributed by atoms with Crippen LogP contribution in [0.3, 0.4) is 0 Å². The number of nitrogens with zero attached hydrogens (tertiary/aromatic N) is 18. The van der Waals surface area contributed by atoms with Crippen molar-refractivity contribution >= 4 is 119 Å². The molecule has 0 atom stereocenters. The van der Waals surface area contributed by atoms with Gasteiger partial charge < -0.3 is 86.3 Å². The lowest BCUT2D eigenvalue weighted by Gasteiger charge is -2.13. The molecule has 7 aromatic rings. The number of hydrogen-bond donors (Lipinski definition) is 17. The Bertz CT molecular complexity index is 2870. The van der Waals surface area contributed by atoms with Crippen LogP contribution in [0.5, 0.6) is 0 Å². The van der Waals surface area contributed by atoms with Gasteiger partial charge in [-0.15, -0.1) is 0 Å². The summed E-state index contributed by atoms with van der Waals surface area (Å²) in [5, 5.41) is 42.0. The summed E-state index contributed by atoms with van der Waals surface area (Å²) in [6.45, 7) is 9.60. The van der Waals surface area contributed by atoms with Gasteiger partial charge in [-0.1, -0.05) is 36.9 Å². The highest BCUT2D eigenvalue weighted by Crippen LogP contribution is 2.18. The minimum atomic E-state index is 0.0526. The topological polar surface area (TPSA) is 466 Å². The van der Waals surface area contributed by atoms with Gasteiger partial charge in [0.25, 0.3) is 0 Å². The third-order valence-electron chi connectivity index (χ3n) is 9.46. The van der Waals surface area contributed by atoms with Gasteiger partial charge in [-0.25, -0.2) is 9.97 Å². The molecule has 77 heavy (non-hydrogen) atoms. The molecule has 0 amide bonds. The monoisotopic (exact) mass is 1090 g/mol. The van der Waals surface area contributed by atoms with Gasteiger partial charge in [0.15, 0.2) is 5.16 Å². The van der Waals surface area contributed by atoms with Gasteiger partial charge in [0.1, 0.15) is 12.2 Å². The standard InChI is InChI=1S/C41H62N34S2/c1-3-77-41-74-38(45-10-9-42)71-39(75-41)55-20-19-54-36-70-35(72-40(73-36)61-25-7-5-4-6-8-25)53-18-17-52-34-67-33(68-37(69-34)56-21-22-76)51-14-12-47-29-58-23-57-28(65-29)46-11-13-49-31-63-27(44)64-32(66-31)50-16-15-48-30-60-24(2)59-26(43)62-30/h4-8,23,76H,3,9-22,42H2,1-2H3,(H3,43,48,59,60,62)(H2,45,55,71,74,75)(H2,46,47,57,58,65)(H4,44,49,50,63,64,66)(H3,51,52,56,67,68,69)(H3,53,54,61,70,72,73). The van der Waals surface area contributed by atoms with E-state index in [0.717, 1.165) is 11.4 Å². The van der Waals surface area contributed by atoms with Crippen LogP contribution in [0.15, 0.2) is 41.8 Å². The first-order chi connectivity index (χ1) is 37.7. The Morgan fingerprint density at radius 3 is 1.14 bits per heavy atom. The number of nitrogens with one attached hydrogen (secondary N) is 13. The van der Waals surface area contributed by atoms with E-state index in [-0.39, 0.29) is 11.9 Å². The second kappa shape index (κ2) is 30.3. The predicted octanol–water partition coefficient (Wildman–Crippen LogP) is 0.457. The highest BCUT2D eigenvalue weighted by atomic mass is 32.2. The van der Waals surface area contributed by atoms with Crippen LogP contribution in [0, 0.1) is 6.92 Å². The van der Waals surface area contributed by atoms with E-state index in [1.54, 1.807) is 6.92 Å². The Hall–Kier alpha value is -9.06. The Balaban J connectivity index is 0.850. The number of thiol groups is 1. The third-order valence-corrected chi connectivity index (χ3v) is 10.4. The fraction of sp³-hybridized carbons (Fsp3) is 0.415. The maximum absolute atomic E-state index is 5.93. The first kappa shape index (κ1) is 55.7. The lowest BCUT2D eigenvalue weighted by molar-refractivity contribution is 0.878. The summed E-state index contributed by atoms with van der Waals surface area (Å²) in [5.74, 6) is 6.81. The van der Waals surface area contributed by atoms with E-state index in [1.165, 1.54) is 18.1 Å². The summed E-state index contributed by atoms with van der Waals surface area (Å²) in [5.41, 5.74) is 18.1. The zero-order valence-electron chi connectivity index (χ0n) is 42.2. The SMILES string of the molecule is CCSc1nc(NCCN)nc(NCCNc2nc(NCCNc3nc(NCCS)nc(NCCNc4ncnc(NCCNc5nc(N)nc(NCCNc6nc(C)nc(N)n6)n5)n4)n3)nc(Nc3ccccc3)n2)n1. The quantitative estimate of drug-likeness (QED) is 0.0146. The molecule has 34 nitrogen and oxygen atoms in total.